The summed E-state index contributed by atoms with van der Waals surface area (Å²) in [5.41, 5.74) is 6.49. The van der Waals surface area contributed by atoms with Gasteiger partial charge in [-0.3, -0.25) is 0 Å². The molecule has 1 aromatic heterocycles. The third kappa shape index (κ3) is 2.86. The van der Waals surface area contributed by atoms with E-state index >= 15 is 0 Å². The lowest BCUT2D eigenvalue weighted by Crippen LogP contribution is -2.26. The van der Waals surface area contributed by atoms with Gasteiger partial charge in [0.2, 0.25) is 5.88 Å². The maximum Gasteiger partial charge on any atom is 0.238 e. The van der Waals surface area contributed by atoms with Crippen molar-refractivity contribution in [3.05, 3.63) is 17.8 Å². The van der Waals surface area contributed by atoms with Crippen LogP contribution in [0.3, 0.4) is 0 Å². The highest BCUT2D eigenvalue weighted by Gasteiger charge is 2.25. The zero-order valence-corrected chi connectivity index (χ0v) is 9.89. The van der Waals surface area contributed by atoms with E-state index in [2.05, 4.69) is 16.9 Å². The van der Waals surface area contributed by atoms with Crippen LogP contribution in [0.1, 0.15) is 18.4 Å². The highest BCUT2D eigenvalue weighted by atomic mass is 16.5. The second kappa shape index (κ2) is 5.02. The Balaban J connectivity index is 1.88. The van der Waals surface area contributed by atoms with Crippen LogP contribution in [-0.4, -0.2) is 36.1 Å². The van der Waals surface area contributed by atoms with E-state index in [1.54, 1.807) is 6.07 Å². The van der Waals surface area contributed by atoms with Crippen LogP contribution in [0, 0.1) is 11.3 Å². The maximum atomic E-state index is 8.82. The number of ether oxygens (including phenoxy) is 1. The number of rotatable bonds is 5. The van der Waals surface area contributed by atoms with E-state index in [-0.39, 0.29) is 0 Å². The molecule has 0 bridgehead atoms. The summed E-state index contributed by atoms with van der Waals surface area (Å²) in [7, 11) is 2.09. The third-order valence-corrected chi connectivity index (χ3v) is 2.93. The summed E-state index contributed by atoms with van der Waals surface area (Å²) in [5, 5.41) is 8.82. The van der Waals surface area contributed by atoms with E-state index in [0.717, 1.165) is 6.54 Å². The Hall–Kier alpha value is -1.80. The quantitative estimate of drug-likeness (QED) is 0.820. The fourth-order valence-corrected chi connectivity index (χ4v) is 1.65. The number of hydrogen-bond donors (Lipinski definition) is 1. The lowest BCUT2D eigenvalue weighted by Gasteiger charge is -2.16. The standard InChI is InChI=1S/C12H16N4O/c1-16(10-2-3-10)6-7-17-12-11(14)9(8-13)4-5-15-12/h4-5,10H,2-3,6-7,14H2,1H3. The van der Waals surface area contributed by atoms with Crippen molar-refractivity contribution in [2.45, 2.75) is 18.9 Å². The first-order chi connectivity index (χ1) is 8.22. The summed E-state index contributed by atoms with van der Waals surface area (Å²) in [6.45, 7) is 1.39. The number of aromatic nitrogens is 1. The number of nitrogen functional groups attached to an aromatic ring is 1. The van der Waals surface area contributed by atoms with Gasteiger partial charge >= 0.3 is 0 Å². The molecule has 0 aromatic carbocycles. The largest absolute Gasteiger partial charge is 0.475 e. The van der Waals surface area contributed by atoms with Gasteiger partial charge in [-0.15, -0.1) is 0 Å². The topological polar surface area (TPSA) is 75.2 Å². The van der Waals surface area contributed by atoms with Gasteiger partial charge in [0.1, 0.15) is 18.4 Å². The molecule has 90 valence electrons. The fraction of sp³-hybridized carbons (Fsp3) is 0.500. The lowest BCUT2D eigenvalue weighted by atomic mass is 10.2. The molecule has 1 aliphatic carbocycles. The molecule has 0 amide bonds. The Morgan fingerprint density at radius 2 is 2.41 bits per heavy atom. The molecule has 1 heterocycles. The van der Waals surface area contributed by atoms with Gasteiger partial charge in [0.25, 0.3) is 0 Å². The van der Waals surface area contributed by atoms with Crippen molar-refractivity contribution < 1.29 is 4.74 Å². The van der Waals surface area contributed by atoms with Gasteiger partial charge in [-0.05, 0) is 26.0 Å². The first-order valence-corrected chi connectivity index (χ1v) is 5.70. The Labute approximate surface area is 101 Å². The zero-order chi connectivity index (χ0) is 12.3. The molecule has 1 aromatic rings. The molecule has 2 N–H and O–H groups in total. The number of nitriles is 1. The number of anilines is 1. The van der Waals surface area contributed by atoms with Crippen LogP contribution in [0.15, 0.2) is 12.3 Å². The molecule has 0 radical (unpaired) electrons. The van der Waals surface area contributed by atoms with Crippen molar-refractivity contribution in [2.75, 3.05) is 25.9 Å². The summed E-state index contributed by atoms with van der Waals surface area (Å²) < 4.78 is 5.50. The molecule has 5 heteroatoms. The van der Waals surface area contributed by atoms with Gasteiger partial charge in [0.15, 0.2) is 0 Å². The summed E-state index contributed by atoms with van der Waals surface area (Å²) in [6, 6.07) is 4.31. The maximum absolute atomic E-state index is 8.82. The smallest absolute Gasteiger partial charge is 0.238 e. The Kier molecular flexibility index (Phi) is 3.45. The Morgan fingerprint density at radius 3 is 3.06 bits per heavy atom. The third-order valence-electron chi connectivity index (χ3n) is 2.93. The molecule has 0 atom stereocenters. The minimum Gasteiger partial charge on any atom is -0.475 e. The van der Waals surface area contributed by atoms with Gasteiger partial charge in [-0.1, -0.05) is 0 Å². The molecule has 0 saturated heterocycles. The number of likely N-dealkylation sites (N-methyl/N-ethyl adjacent to an activating group) is 1. The molecule has 0 unspecified atom stereocenters. The first-order valence-electron chi connectivity index (χ1n) is 5.70. The summed E-state index contributed by atoms with van der Waals surface area (Å²) >= 11 is 0. The van der Waals surface area contributed by atoms with Crippen LogP contribution < -0.4 is 10.5 Å². The van der Waals surface area contributed by atoms with E-state index in [1.165, 1.54) is 19.0 Å². The summed E-state index contributed by atoms with van der Waals surface area (Å²) in [4.78, 5) is 6.30. The van der Waals surface area contributed by atoms with Gasteiger partial charge in [0.05, 0.1) is 5.56 Å². The summed E-state index contributed by atoms with van der Waals surface area (Å²) in [6.07, 6.45) is 4.09. The van der Waals surface area contributed by atoms with Crippen molar-refractivity contribution in [2.24, 2.45) is 0 Å². The van der Waals surface area contributed by atoms with Crippen molar-refractivity contribution in [1.82, 2.24) is 9.88 Å². The molecule has 2 rings (SSSR count). The van der Waals surface area contributed by atoms with Crippen molar-refractivity contribution >= 4 is 5.69 Å². The van der Waals surface area contributed by atoms with Gasteiger partial charge in [-0.2, -0.15) is 5.26 Å². The van der Waals surface area contributed by atoms with Crippen LogP contribution in [0.4, 0.5) is 5.69 Å². The normalized spacial score (nSPS) is 14.6. The second-order valence-electron chi connectivity index (χ2n) is 4.25. The second-order valence-corrected chi connectivity index (χ2v) is 4.25. The molecular weight excluding hydrogens is 216 g/mol. The molecule has 1 aliphatic rings. The highest BCUT2D eigenvalue weighted by Crippen LogP contribution is 2.25. The molecule has 0 spiro atoms. The van der Waals surface area contributed by atoms with Crippen LogP contribution in [0.25, 0.3) is 0 Å². The van der Waals surface area contributed by atoms with Crippen molar-refractivity contribution in [3.63, 3.8) is 0 Å². The number of hydrogen-bond acceptors (Lipinski definition) is 5. The minimum atomic E-state index is 0.323. The Bertz CT molecular complexity index is 437. The molecule has 5 nitrogen and oxygen atoms in total. The zero-order valence-electron chi connectivity index (χ0n) is 9.89. The molecular formula is C12H16N4O. The van der Waals surface area contributed by atoms with E-state index in [0.29, 0.717) is 29.8 Å². The van der Waals surface area contributed by atoms with E-state index in [1.807, 2.05) is 6.07 Å². The number of nitrogens with zero attached hydrogens (tertiary/aromatic N) is 3. The van der Waals surface area contributed by atoms with Gasteiger partial charge in [0, 0.05) is 18.8 Å². The molecule has 17 heavy (non-hydrogen) atoms. The van der Waals surface area contributed by atoms with Crippen LogP contribution in [-0.2, 0) is 0 Å². The van der Waals surface area contributed by atoms with E-state index in [9.17, 15) is 0 Å². The van der Waals surface area contributed by atoms with E-state index < -0.39 is 0 Å². The van der Waals surface area contributed by atoms with Crippen LogP contribution in [0.2, 0.25) is 0 Å². The van der Waals surface area contributed by atoms with Gasteiger partial charge in [-0.25, -0.2) is 4.98 Å². The average molecular weight is 232 g/mol. The number of nitrogens with two attached hydrogens (primary N) is 1. The molecule has 1 saturated carbocycles. The monoisotopic (exact) mass is 232 g/mol. The Morgan fingerprint density at radius 1 is 1.65 bits per heavy atom. The molecule has 1 fully saturated rings. The van der Waals surface area contributed by atoms with Crippen molar-refractivity contribution in [1.29, 1.82) is 5.26 Å². The summed E-state index contributed by atoms with van der Waals surface area (Å²) in [5.74, 6) is 0.355. The van der Waals surface area contributed by atoms with Crippen molar-refractivity contribution in [3.8, 4) is 11.9 Å². The fourth-order valence-electron chi connectivity index (χ4n) is 1.65. The predicted octanol–water partition coefficient (Wildman–Crippen LogP) is 1.01. The lowest BCUT2D eigenvalue weighted by molar-refractivity contribution is 0.227. The van der Waals surface area contributed by atoms with Crippen LogP contribution in [0.5, 0.6) is 5.88 Å². The molecule has 0 aliphatic heterocycles. The van der Waals surface area contributed by atoms with Crippen LogP contribution >= 0.6 is 0 Å². The number of pyridine rings is 1. The highest BCUT2D eigenvalue weighted by molar-refractivity contribution is 5.59. The average Bonchev–Trinajstić information content (AvgIpc) is 3.15. The SMILES string of the molecule is CN(CCOc1nccc(C#N)c1N)C1CC1. The van der Waals surface area contributed by atoms with Gasteiger partial charge < -0.3 is 15.4 Å². The first kappa shape index (κ1) is 11.7. The minimum absolute atomic E-state index is 0.323. The van der Waals surface area contributed by atoms with E-state index in [4.69, 9.17) is 15.7 Å². The predicted molar refractivity (Wildman–Crippen MR) is 64.5 cm³/mol.